The largest absolute Gasteiger partial charge is 0.330 e. The standard InChI is InChI=1S/C4H11N2/c5-3-1-2-4-6/h3H,1-2,4-6H2. The minimum atomic E-state index is 0.744. The van der Waals surface area contributed by atoms with Gasteiger partial charge in [0.05, 0.1) is 0 Å². The van der Waals surface area contributed by atoms with E-state index in [9.17, 15) is 0 Å². The monoisotopic (exact) mass is 87.1 g/mol. The minimum Gasteiger partial charge on any atom is -0.330 e. The molecule has 0 rings (SSSR count). The Hall–Kier alpha value is -0.0800. The van der Waals surface area contributed by atoms with Gasteiger partial charge in [-0.3, -0.25) is 0 Å². The molecule has 0 fully saturated rings. The van der Waals surface area contributed by atoms with Crippen LogP contribution in [0.4, 0.5) is 0 Å². The Balaban J connectivity index is 2.34. The fourth-order valence-electron chi connectivity index (χ4n) is 0.236. The van der Waals surface area contributed by atoms with E-state index in [-0.39, 0.29) is 0 Å². The van der Waals surface area contributed by atoms with E-state index in [0.717, 1.165) is 19.4 Å². The van der Waals surface area contributed by atoms with Gasteiger partial charge < -0.3 is 11.5 Å². The molecule has 0 saturated carbocycles. The Morgan fingerprint density at radius 3 is 2.33 bits per heavy atom. The molecule has 0 amide bonds. The molecule has 0 aliphatic carbocycles. The van der Waals surface area contributed by atoms with Crippen LogP contribution in [0.15, 0.2) is 0 Å². The molecule has 0 spiro atoms. The topological polar surface area (TPSA) is 52.0 Å². The number of nitrogens with two attached hydrogens (primary N) is 2. The molecule has 1 radical (unpaired) electrons. The first-order valence-electron chi connectivity index (χ1n) is 2.15. The smallest absolute Gasteiger partial charge is 0.0192 e. The molecule has 0 unspecified atom stereocenters. The van der Waals surface area contributed by atoms with Gasteiger partial charge in [0.25, 0.3) is 0 Å². The summed E-state index contributed by atoms with van der Waals surface area (Å²) in [7, 11) is 0. The van der Waals surface area contributed by atoms with Crippen LogP contribution in [0.25, 0.3) is 0 Å². The quantitative estimate of drug-likeness (QED) is 0.470. The molecular formula is C4H11N2. The summed E-state index contributed by atoms with van der Waals surface area (Å²) in [6.07, 6.45) is 1.95. The lowest BCUT2D eigenvalue weighted by molar-refractivity contribution is 0.812. The van der Waals surface area contributed by atoms with Crippen LogP contribution in [0, 0.1) is 6.54 Å². The van der Waals surface area contributed by atoms with Gasteiger partial charge in [-0.15, -0.1) is 0 Å². The lowest BCUT2D eigenvalue weighted by atomic mass is 10.3. The predicted molar refractivity (Wildman–Crippen MR) is 26.8 cm³/mol. The van der Waals surface area contributed by atoms with Gasteiger partial charge in [-0.1, -0.05) is 0 Å². The predicted octanol–water partition coefficient (Wildman–Crippen LogP) is -0.154. The van der Waals surface area contributed by atoms with E-state index in [1.807, 2.05) is 0 Å². The molecule has 37 valence electrons. The summed E-state index contributed by atoms with van der Waals surface area (Å²) in [4.78, 5) is 0. The molecule has 0 atom stereocenters. The van der Waals surface area contributed by atoms with Crippen LogP contribution in [0.5, 0.6) is 0 Å². The maximum atomic E-state index is 5.14. The number of hydrogen-bond donors (Lipinski definition) is 2. The Bertz CT molecular complexity index is 17.5. The normalized spacial score (nSPS) is 9.00. The fourth-order valence-corrected chi connectivity index (χ4v) is 0.236. The summed E-state index contributed by atoms with van der Waals surface area (Å²) in [5.74, 6) is 0. The molecule has 2 nitrogen and oxygen atoms in total. The van der Waals surface area contributed by atoms with Gasteiger partial charge in [-0.25, -0.2) is 0 Å². The highest BCUT2D eigenvalue weighted by Gasteiger charge is 1.76. The van der Waals surface area contributed by atoms with E-state index in [1.165, 1.54) is 0 Å². The second-order valence-corrected chi connectivity index (χ2v) is 1.17. The van der Waals surface area contributed by atoms with Crippen molar-refractivity contribution >= 4 is 0 Å². The van der Waals surface area contributed by atoms with Crippen LogP contribution in [0.3, 0.4) is 0 Å². The van der Waals surface area contributed by atoms with E-state index < -0.39 is 0 Å². The fraction of sp³-hybridized carbons (Fsp3) is 0.750. The molecule has 0 heterocycles. The highest BCUT2D eigenvalue weighted by molar-refractivity contribution is 4.52. The van der Waals surface area contributed by atoms with Crippen molar-refractivity contribution in [3.63, 3.8) is 0 Å². The zero-order valence-electron chi connectivity index (χ0n) is 3.85. The third-order valence-corrected chi connectivity index (χ3v) is 0.575. The summed E-state index contributed by atoms with van der Waals surface area (Å²) in [5, 5.41) is 0. The van der Waals surface area contributed by atoms with Gasteiger partial charge in [-0.2, -0.15) is 0 Å². The molecule has 0 aromatic carbocycles. The summed E-state index contributed by atoms with van der Waals surface area (Å²) in [6.45, 7) is 2.38. The van der Waals surface area contributed by atoms with Gasteiger partial charge in [0.1, 0.15) is 0 Å². The molecule has 6 heavy (non-hydrogen) atoms. The third-order valence-electron chi connectivity index (χ3n) is 0.575. The van der Waals surface area contributed by atoms with Gasteiger partial charge >= 0.3 is 0 Å². The Morgan fingerprint density at radius 2 is 2.17 bits per heavy atom. The molecule has 0 bridgehead atoms. The highest BCUT2D eigenvalue weighted by atomic mass is 14.5. The first-order valence-corrected chi connectivity index (χ1v) is 2.15. The molecule has 0 saturated heterocycles. The number of unbranched alkanes of at least 4 members (excludes halogenated alkanes) is 1. The first kappa shape index (κ1) is 5.92. The summed E-state index contributed by atoms with van der Waals surface area (Å²) >= 11 is 0. The second-order valence-electron chi connectivity index (χ2n) is 1.17. The van der Waals surface area contributed by atoms with Crippen molar-refractivity contribution in [2.24, 2.45) is 11.5 Å². The van der Waals surface area contributed by atoms with Gasteiger partial charge in [0, 0.05) is 6.54 Å². The summed E-state index contributed by atoms with van der Waals surface area (Å²) in [5.41, 5.74) is 10.2. The summed E-state index contributed by atoms with van der Waals surface area (Å²) in [6, 6.07) is 0. The van der Waals surface area contributed by atoms with Crippen molar-refractivity contribution in [3.8, 4) is 0 Å². The third kappa shape index (κ3) is 3.92. The number of hydrogen-bond acceptors (Lipinski definition) is 2. The highest BCUT2D eigenvalue weighted by Crippen LogP contribution is 1.81. The van der Waals surface area contributed by atoms with E-state index in [1.54, 1.807) is 6.54 Å². The van der Waals surface area contributed by atoms with E-state index in [2.05, 4.69) is 0 Å². The van der Waals surface area contributed by atoms with Crippen molar-refractivity contribution in [1.82, 2.24) is 0 Å². The van der Waals surface area contributed by atoms with Crippen LogP contribution >= 0.6 is 0 Å². The number of rotatable bonds is 3. The van der Waals surface area contributed by atoms with Crippen LogP contribution in [-0.4, -0.2) is 6.54 Å². The molecule has 4 N–H and O–H groups in total. The minimum absolute atomic E-state index is 0.744. The Kier molecular flexibility index (Phi) is 4.85. The maximum Gasteiger partial charge on any atom is 0.0192 e. The van der Waals surface area contributed by atoms with Gasteiger partial charge in [0.15, 0.2) is 0 Å². The average Bonchev–Trinajstić information content (AvgIpc) is 1.61. The zero-order chi connectivity index (χ0) is 4.83. The second kappa shape index (κ2) is 4.92. The van der Waals surface area contributed by atoms with Crippen LogP contribution in [0.2, 0.25) is 0 Å². The van der Waals surface area contributed by atoms with Gasteiger partial charge in [0.2, 0.25) is 0 Å². The van der Waals surface area contributed by atoms with Gasteiger partial charge in [-0.05, 0) is 19.4 Å². The maximum absolute atomic E-state index is 5.14. The molecule has 0 aromatic rings. The molecule has 2 heteroatoms. The van der Waals surface area contributed by atoms with Crippen molar-refractivity contribution in [2.75, 3.05) is 6.54 Å². The molecular weight excluding hydrogens is 76.1 g/mol. The van der Waals surface area contributed by atoms with Crippen molar-refractivity contribution in [2.45, 2.75) is 12.8 Å². The van der Waals surface area contributed by atoms with Crippen LogP contribution in [0.1, 0.15) is 12.8 Å². The molecule has 0 aliphatic heterocycles. The van der Waals surface area contributed by atoms with Crippen LogP contribution < -0.4 is 11.5 Å². The lowest BCUT2D eigenvalue weighted by Gasteiger charge is -1.86. The van der Waals surface area contributed by atoms with Crippen molar-refractivity contribution < 1.29 is 0 Å². The average molecular weight is 87.1 g/mol. The Labute approximate surface area is 38.5 Å². The molecule has 0 aromatic heterocycles. The summed E-state index contributed by atoms with van der Waals surface area (Å²) < 4.78 is 0. The molecule has 0 aliphatic rings. The first-order chi connectivity index (χ1) is 2.91. The zero-order valence-corrected chi connectivity index (χ0v) is 3.85. The Morgan fingerprint density at radius 1 is 1.50 bits per heavy atom. The SMILES string of the molecule is N[CH]CCCN. The van der Waals surface area contributed by atoms with E-state index in [0.29, 0.717) is 0 Å². The van der Waals surface area contributed by atoms with Crippen molar-refractivity contribution in [3.05, 3.63) is 6.54 Å². The van der Waals surface area contributed by atoms with E-state index >= 15 is 0 Å². The van der Waals surface area contributed by atoms with Crippen LogP contribution in [-0.2, 0) is 0 Å². The lowest BCUT2D eigenvalue weighted by Crippen LogP contribution is -2.00. The van der Waals surface area contributed by atoms with Crippen molar-refractivity contribution in [1.29, 1.82) is 0 Å². The van der Waals surface area contributed by atoms with E-state index in [4.69, 9.17) is 11.5 Å².